The molecule has 4 heteroatoms. The zero-order valence-electron chi connectivity index (χ0n) is 12.9. The third kappa shape index (κ3) is 2.91. The normalized spacial score (nSPS) is 16.6. The third-order valence-corrected chi connectivity index (χ3v) is 3.81. The molecule has 1 aliphatic heterocycles. The van der Waals surface area contributed by atoms with E-state index in [9.17, 15) is 4.79 Å². The van der Waals surface area contributed by atoms with Crippen LogP contribution >= 0.6 is 0 Å². The van der Waals surface area contributed by atoms with Crippen LogP contribution in [0.3, 0.4) is 0 Å². The summed E-state index contributed by atoms with van der Waals surface area (Å²) in [6, 6.07) is 15.3. The van der Waals surface area contributed by atoms with E-state index in [1.807, 2.05) is 55.5 Å². The van der Waals surface area contributed by atoms with Crippen LogP contribution in [0.25, 0.3) is 0 Å². The quantitative estimate of drug-likeness (QED) is 0.902. The second kappa shape index (κ2) is 6.10. The molecule has 0 aromatic heterocycles. The Hall–Kier alpha value is -2.49. The number of hydrogen-bond acceptors (Lipinski definition) is 2. The van der Waals surface area contributed by atoms with Crippen molar-refractivity contribution in [2.75, 3.05) is 16.8 Å². The smallest absolute Gasteiger partial charge is 0.326 e. The van der Waals surface area contributed by atoms with Gasteiger partial charge in [0, 0.05) is 5.69 Å². The maximum absolute atomic E-state index is 12.7. The highest BCUT2D eigenvalue weighted by atomic mass is 16.5. The number of anilines is 2. The lowest BCUT2D eigenvalue weighted by Gasteiger charge is -2.34. The van der Waals surface area contributed by atoms with E-state index in [1.54, 1.807) is 4.90 Å². The topological polar surface area (TPSA) is 41.6 Å². The molecular formula is C18H20N2O2. The molecule has 1 atom stereocenters. The number of rotatable bonds is 2. The molecule has 3 rings (SSSR count). The molecule has 0 aliphatic carbocycles. The van der Waals surface area contributed by atoms with Crippen molar-refractivity contribution >= 4 is 17.4 Å². The zero-order chi connectivity index (χ0) is 15.5. The van der Waals surface area contributed by atoms with Crippen molar-refractivity contribution in [1.29, 1.82) is 0 Å². The van der Waals surface area contributed by atoms with Crippen LogP contribution in [-0.4, -0.2) is 18.7 Å². The Labute approximate surface area is 130 Å². The Morgan fingerprint density at radius 2 is 2.05 bits per heavy atom. The molecule has 1 aliphatic rings. The van der Waals surface area contributed by atoms with Gasteiger partial charge in [0.15, 0.2) is 0 Å². The minimum Gasteiger partial charge on any atom is -0.486 e. The van der Waals surface area contributed by atoms with Gasteiger partial charge < -0.3 is 10.1 Å². The largest absolute Gasteiger partial charge is 0.486 e. The first kappa shape index (κ1) is 14.4. The van der Waals surface area contributed by atoms with Gasteiger partial charge in [-0.1, -0.05) is 31.2 Å². The molecule has 0 saturated carbocycles. The number of carbonyl (C=O) groups is 1. The van der Waals surface area contributed by atoms with Crippen LogP contribution in [0.4, 0.5) is 16.2 Å². The summed E-state index contributed by atoms with van der Waals surface area (Å²) in [4.78, 5) is 14.4. The van der Waals surface area contributed by atoms with Crippen LogP contribution in [0, 0.1) is 6.92 Å². The zero-order valence-corrected chi connectivity index (χ0v) is 12.9. The first-order valence-electron chi connectivity index (χ1n) is 7.58. The number of ether oxygens (including phenoxy) is 1. The standard InChI is InChI=1S/C18H20N2O2/c1-3-15-12-20(16-11-13(2)9-10-17(16)22-15)18(21)19-14-7-5-4-6-8-14/h4-11,15H,3,12H2,1-2H3,(H,19,21). The highest BCUT2D eigenvalue weighted by Gasteiger charge is 2.29. The number of aryl methyl sites for hydroxylation is 1. The molecule has 2 amide bonds. The average Bonchev–Trinajstić information content (AvgIpc) is 2.54. The van der Waals surface area contributed by atoms with Gasteiger partial charge in [-0.15, -0.1) is 0 Å². The van der Waals surface area contributed by atoms with Gasteiger partial charge in [0.2, 0.25) is 0 Å². The van der Waals surface area contributed by atoms with Crippen LogP contribution in [0.1, 0.15) is 18.9 Å². The number of nitrogens with zero attached hydrogens (tertiary/aromatic N) is 1. The second-order valence-electron chi connectivity index (χ2n) is 5.53. The first-order chi connectivity index (χ1) is 10.7. The van der Waals surface area contributed by atoms with Gasteiger partial charge in [-0.05, 0) is 43.2 Å². The SMILES string of the molecule is CCC1CN(C(=O)Nc2ccccc2)c2cc(C)ccc2O1. The first-order valence-corrected chi connectivity index (χ1v) is 7.58. The number of nitrogens with one attached hydrogen (secondary N) is 1. The van der Waals surface area contributed by atoms with Crippen LogP contribution < -0.4 is 15.0 Å². The maximum Gasteiger partial charge on any atom is 0.326 e. The van der Waals surface area contributed by atoms with Gasteiger partial charge in [0.05, 0.1) is 12.2 Å². The van der Waals surface area contributed by atoms with Crippen molar-refractivity contribution < 1.29 is 9.53 Å². The summed E-state index contributed by atoms with van der Waals surface area (Å²) in [7, 11) is 0. The molecule has 0 bridgehead atoms. The van der Waals surface area contributed by atoms with Gasteiger partial charge in [0.25, 0.3) is 0 Å². The van der Waals surface area contributed by atoms with Crippen LogP contribution in [0.5, 0.6) is 5.75 Å². The van der Waals surface area contributed by atoms with Crippen molar-refractivity contribution in [3.05, 3.63) is 54.1 Å². The summed E-state index contributed by atoms with van der Waals surface area (Å²) in [6.07, 6.45) is 0.888. The van der Waals surface area contributed by atoms with Crippen molar-refractivity contribution in [2.45, 2.75) is 26.4 Å². The molecule has 1 N–H and O–H groups in total. The van der Waals surface area contributed by atoms with E-state index >= 15 is 0 Å². The molecule has 0 saturated heterocycles. The molecule has 4 nitrogen and oxygen atoms in total. The molecule has 22 heavy (non-hydrogen) atoms. The Morgan fingerprint density at radius 1 is 1.27 bits per heavy atom. The van der Waals surface area contributed by atoms with Crippen molar-refractivity contribution in [3.63, 3.8) is 0 Å². The third-order valence-electron chi connectivity index (χ3n) is 3.81. The molecule has 0 spiro atoms. The minimum atomic E-state index is -0.125. The Morgan fingerprint density at radius 3 is 2.77 bits per heavy atom. The highest BCUT2D eigenvalue weighted by molar-refractivity contribution is 6.03. The lowest BCUT2D eigenvalue weighted by atomic mass is 10.1. The van der Waals surface area contributed by atoms with E-state index < -0.39 is 0 Å². The fourth-order valence-electron chi connectivity index (χ4n) is 2.57. The maximum atomic E-state index is 12.7. The van der Waals surface area contributed by atoms with Gasteiger partial charge >= 0.3 is 6.03 Å². The lowest BCUT2D eigenvalue weighted by Crippen LogP contribution is -2.45. The van der Waals surface area contributed by atoms with E-state index in [2.05, 4.69) is 12.2 Å². The highest BCUT2D eigenvalue weighted by Crippen LogP contribution is 2.35. The molecule has 1 heterocycles. The van der Waals surface area contributed by atoms with E-state index in [1.165, 1.54) is 0 Å². The minimum absolute atomic E-state index is 0.0247. The van der Waals surface area contributed by atoms with E-state index in [-0.39, 0.29) is 12.1 Å². The average molecular weight is 296 g/mol. The monoisotopic (exact) mass is 296 g/mol. The number of carbonyl (C=O) groups excluding carboxylic acids is 1. The Kier molecular flexibility index (Phi) is 4.00. The predicted octanol–water partition coefficient (Wildman–Crippen LogP) is 4.20. The molecule has 2 aromatic rings. The fourth-order valence-corrected chi connectivity index (χ4v) is 2.57. The number of benzene rings is 2. The Balaban J connectivity index is 1.88. The molecule has 0 radical (unpaired) electrons. The second-order valence-corrected chi connectivity index (χ2v) is 5.53. The van der Waals surface area contributed by atoms with E-state index in [0.29, 0.717) is 6.54 Å². The summed E-state index contributed by atoms with van der Waals surface area (Å²) in [5.74, 6) is 0.770. The van der Waals surface area contributed by atoms with Crippen molar-refractivity contribution in [2.24, 2.45) is 0 Å². The van der Waals surface area contributed by atoms with Crippen molar-refractivity contribution in [3.8, 4) is 5.75 Å². The summed E-state index contributed by atoms with van der Waals surface area (Å²) in [5.41, 5.74) is 2.73. The van der Waals surface area contributed by atoms with Crippen LogP contribution in [0.15, 0.2) is 48.5 Å². The summed E-state index contributed by atoms with van der Waals surface area (Å²) >= 11 is 0. The number of fused-ring (bicyclic) bond motifs is 1. The predicted molar refractivity (Wildman–Crippen MR) is 88.7 cm³/mol. The molecule has 114 valence electrons. The van der Waals surface area contributed by atoms with E-state index in [0.717, 1.165) is 29.1 Å². The summed E-state index contributed by atoms with van der Waals surface area (Å²) in [5, 5.41) is 2.95. The van der Waals surface area contributed by atoms with Crippen LogP contribution in [-0.2, 0) is 0 Å². The van der Waals surface area contributed by atoms with Crippen LogP contribution in [0.2, 0.25) is 0 Å². The molecular weight excluding hydrogens is 276 g/mol. The Bertz CT molecular complexity index is 670. The number of urea groups is 1. The molecule has 0 fully saturated rings. The lowest BCUT2D eigenvalue weighted by molar-refractivity contribution is 0.188. The number of hydrogen-bond donors (Lipinski definition) is 1. The van der Waals surface area contributed by atoms with E-state index in [4.69, 9.17) is 4.74 Å². The number of para-hydroxylation sites is 1. The summed E-state index contributed by atoms with van der Waals surface area (Å²) < 4.78 is 5.95. The summed E-state index contributed by atoms with van der Waals surface area (Å²) in [6.45, 7) is 4.64. The van der Waals surface area contributed by atoms with Gasteiger partial charge in [-0.2, -0.15) is 0 Å². The van der Waals surface area contributed by atoms with Crippen molar-refractivity contribution in [1.82, 2.24) is 0 Å². The van der Waals surface area contributed by atoms with Gasteiger partial charge in [-0.25, -0.2) is 4.79 Å². The number of amides is 2. The molecule has 2 aromatic carbocycles. The van der Waals surface area contributed by atoms with Gasteiger partial charge in [-0.3, -0.25) is 4.90 Å². The van der Waals surface area contributed by atoms with Gasteiger partial charge in [0.1, 0.15) is 11.9 Å². The molecule has 1 unspecified atom stereocenters. The fraction of sp³-hybridized carbons (Fsp3) is 0.278.